The van der Waals surface area contributed by atoms with Gasteiger partial charge in [-0.3, -0.25) is 4.79 Å². The largest absolute Gasteiger partial charge is 0.512 e. The van der Waals surface area contributed by atoms with Gasteiger partial charge in [-0.25, -0.2) is 0 Å². The van der Waals surface area contributed by atoms with Gasteiger partial charge in [-0.05, 0) is 31.2 Å². The first-order valence-corrected chi connectivity index (χ1v) is 5.50. The Hall–Kier alpha value is -2.49. The number of nitriles is 1. The molecule has 0 bridgehead atoms. The molecular formula is C13H11F3N2O2. The van der Waals surface area contributed by atoms with Gasteiger partial charge in [-0.15, -0.1) is 0 Å². The van der Waals surface area contributed by atoms with Gasteiger partial charge in [-0.1, -0.05) is 0 Å². The number of hydrogen-bond acceptors (Lipinski definition) is 3. The average Bonchev–Trinajstić information content (AvgIpc) is 2.35. The number of alkyl halides is 3. The zero-order chi connectivity index (χ0) is 15.3. The summed E-state index contributed by atoms with van der Waals surface area (Å²) in [6.07, 6.45) is -4.78. The van der Waals surface area contributed by atoms with Crippen LogP contribution in [0.2, 0.25) is 0 Å². The van der Waals surface area contributed by atoms with Crippen LogP contribution >= 0.6 is 0 Å². The van der Waals surface area contributed by atoms with Gasteiger partial charge in [-0.2, -0.15) is 18.4 Å². The number of rotatable bonds is 3. The van der Waals surface area contributed by atoms with E-state index < -0.39 is 17.6 Å². The first-order chi connectivity index (χ1) is 9.24. The van der Waals surface area contributed by atoms with Gasteiger partial charge in [0.25, 0.3) is 0 Å². The summed E-state index contributed by atoms with van der Waals surface area (Å²) in [4.78, 5) is 11.5. The van der Waals surface area contributed by atoms with E-state index in [9.17, 15) is 18.0 Å². The molecule has 0 unspecified atom stereocenters. The summed E-state index contributed by atoms with van der Waals surface area (Å²) in [6, 6.07) is 5.58. The lowest BCUT2D eigenvalue weighted by Crippen LogP contribution is -2.13. The van der Waals surface area contributed by atoms with E-state index in [4.69, 9.17) is 10.4 Å². The predicted octanol–water partition coefficient (Wildman–Crippen LogP) is 3.39. The number of benzene rings is 1. The van der Waals surface area contributed by atoms with Crippen LogP contribution in [0.15, 0.2) is 35.6 Å². The van der Waals surface area contributed by atoms with Crippen molar-refractivity contribution in [1.82, 2.24) is 0 Å². The second kappa shape index (κ2) is 6.10. The van der Waals surface area contributed by atoms with Crippen LogP contribution in [-0.4, -0.2) is 11.0 Å². The van der Waals surface area contributed by atoms with Gasteiger partial charge in [0.1, 0.15) is 5.76 Å². The van der Waals surface area contributed by atoms with E-state index >= 15 is 0 Å². The minimum Gasteiger partial charge on any atom is -0.512 e. The van der Waals surface area contributed by atoms with E-state index in [0.29, 0.717) is 0 Å². The maximum Gasteiger partial charge on any atom is 0.416 e. The molecular weight excluding hydrogens is 273 g/mol. The Kier molecular flexibility index (Phi) is 4.75. The van der Waals surface area contributed by atoms with Gasteiger partial charge in [0, 0.05) is 5.69 Å². The molecule has 1 aromatic rings. The number of aliphatic hydroxyl groups is 1. The van der Waals surface area contributed by atoms with Crippen molar-refractivity contribution in [2.45, 2.75) is 19.5 Å². The second-order valence-corrected chi connectivity index (χ2v) is 3.98. The van der Waals surface area contributed by atoms with Crippen molar-refractivity contribution in [3.63, 3.8) is 0 Å². The molecule has 20 heavy (non-hydrogen) atoms. The standard InChI is InChI=1S/C13H11F3N2O2/c1-8(19)9(7-17)6-12(20)18-11-4-2-10(3-5-11)13(14,15)16/h2-5,19H,6H2,1H3,(H,18,20)/b9-8-. The van der Waals surface area contributed by atoms with Crippen molar-refractivity contribution >= 4 is 11.6 Å². The Labute approximate surface area is 113 Å². The first-order valence-electron chi connectivity index (χ1n) is 5.50. The molecule has 0 aromatic heterocycles. The van der Waals surface area contributed by atoms with Gasteiger partial charge in [0.15, 0.2) is 0 Å². The molecule has 0 heterocycles. The molecule has 0 fully saturated rings. The zero-order valence-electron chi connectivity index (χ0n) is 10.5. The van der Waals surface area contributed by atoms with Crippen LogP contribution in [-0.2, 0) is 11.0 Å². The van der Waals surface area contributed by atoms with Crippen LogP contribution < -0.4 is 5.32 Å². The van der Waals surface area contributed by atoms with Crippen molar-refractivity contribution in [1.29, 1.82) is 5.26 Å². The molecule has 1 amide bonds. The van der Waals surface area contributed by atoms with E-state index in [-0.39, 0.29) is 23.4 Å². The third-order valence-electron chi connectivity index (χ3n) is 2.41. The minimum atomic E-state index is -4.44. The smallest absolute Gasteiger partial charge is 0.416 e. The number of amides is 1. The van der Waals surface area contributed by atoms with Crippen LogP contribution in [0.4, 0.5) is 18.9 Å². The predicted molar refractivity (Wildman–Crippen MR) is 65.6 cm³/mol. The Morgan fingerprint density at radius 2 is 1.90 bits per heavy atom. The maximum absolute atomic E-state index is 12.3. The summed E-state index contributed by atoms with van der Waals surface area (Å²) in [5.41, 5.74) is -0.746. The van der Waals surface area contributed by atoms with Crippen LogP contribution in [0.3, 0.4) is 0 Å². The fourth-order valence-corrected chi connectivity index (χ4v) is 1.36. The van der Waals surface area contributed by atoms with E-state index in [2.05, 4.69) is 5.32 Å². The fourth-order valence-electron chi connectivity index (χ4n) is 1.36. The molecule has 7 heteroatoms. The number of anilines is 1. The molecule has 0 atom stereocenters. The molecule has 0 aliphatic rings. The number of aliphatic hydroxyl groups excluding tert-OH is 1. The molecule has 1 aromatic carbocycles. The lowest BCUT2D eigenvalue weighted by Gasteiger charge is -2.08. The summed E-state index contributed by atoms with van der Waals surface area (Å²) in [5, 5.41) is 20.1. The van der Waals surface area contributed by atoms with Crippen LogP contribution in [0, 0.1) is 11.3 Å². The van der Waals surface area contributed by atoms with Gasteiger partial charge >= 0.3 is 6.18 Å². The SMILES string of the molecule is C/C(O)=C(/C#N)CC(=O)Nc1ccc(C(F)(F)F)cc1. The number of allylic oxidation sites excluding steroid dienone is 1. The van der Waals surface area contributed by atoms with E-state index in [0.717, 1.165) is 24.3 Å². The molecule has 0 aliphatic carbocycles. The summed E-state index contributed by atoms with van der Waals surface area (Å²) in [6.45, 7) is 1.27. The van der Waals surface area contributed by atoms with Crippen LogP contribution in [0.1, 0.15) is 18.9 Å². The summed E-state index contributed by atoms with van der Waals surface area (Å²) < 4.78 is 37.0. The van der Waals surface area contributed by atoms with Gasteiger partial charge in [0.05, 0.1) is 23.6 Å². The number of carbonyl (C=O) groups excluding carboxylic acids is 1. The second-order valence-electron chi connectivity index (χ2n) is 3.98. The summed E-state index contributed by atoms with van der Waals surface area (Å²) in [5.74, 6) is -0.871. The van der Waals surface area contributed by atoms with Crippen molar-refractivity contribution in [3.8, 4) is 6.07 Å². The van der Waals surface area contributed by atoms with Crippen LogP contribution in [0.5, 0.6) is 0 Å². The fraction of sp³-hybridized carbons (Fsp3) is 0.231. The van der Waals surface area contributed by atoms with E-state index in [1.807, 2.05) is 0 Å². The highest BCUT2D eigenvalue weighted by Gasteiger charge is 2.29. The lowest BCUT2D eigenvalue weighted by atomic mass is 10.1. The average molecular weight is 284 g/mol. The molecule has 106 valence electrons. The zero-order valence-corrected chi connectivity index (χ0v) is 10.5. The van der Waals surface area contributed by atoms with Crippen molar-refractivity contribution < 1.29 is 23.1 Å². The summed E-state index contributed by atoms with van der Waals surface area (Å²) >= 11 is 0. The molecule has 0 saturated carbocycles. The molecule has 0 spiro atoms. The number of carbonyl (C=O) groups is 1. The van der Waals surface area contributed by atoms with Crippen molar-refractivity contribution in [2.75, 3.05) is 5.32 Å². The van der Waals surface area contributed by atoms with Crippen molar-refractivity contribution in [2.24, 2.45) is 0 Å². The Morgan fingerprint density at radius 3 is 2.30 bits per heavy atom. The molecule has 0 radical (unpaired) electrons. The number of halogens is 3. The highest BCUT2D eigenvalue weighted by atomic mass is 19.4. The normalized spacial score (nSPS) is 12.3. The Morgan fingerprint density at radius 1 is 1.35 bits per heavy atom. The Balaban J connectivity index is 2.73. The van der Waals surface area contributed by atoms with E-state index in [1.54, 1.807) is 6.07 Å². The molecule has 2 N–H and O–H groups in total. The number of nitrogens with one attached hydrogen (secondary N) is 1. The topological polar surface area (TPSA) is 73.1 Å². The third-order valence-corrected chi connectivity index (χ3v) is 2.41. The number of hydrogen-bond donors (Lipinski definition) is 2. The third kappa shape index (κ3) is 4.31. The molecule has 1 rings (SSSR count). The molecule has 0 aliphatic heterocycles. The molecule has 0 saturated heterocycles. The Bertz CT molecular complexity index is 565. The van der Waals surface area contributed by atoms with E-state index in [1.165, 1.54) is 6.92 Å². The van der Waals surface area contributed by atoms with Gasteiger partial charge in [0.2, 0.25) is 5.91 Å². The molecule has 4 nitrogen and oxygen atoms in total. The maximum atomic E-state index is 12.3. The van der Waals surface area contributed by atoms with Crippen molar-refractivity contribution in [3.05, 3.63) is 41.2 Å². The number of nitrogens with zero attached hydrogens (tertiary/aromatic N) is 1. The summed E-state index contributed by atoms with van der Waals surface area (Å²) in [7, 11) is 0. The monoisotopic (exact) mass is 284 g/mol. The minimum absolute atomic E-state index is 0.102. The highest BCUT2D eigenvalue weighted by molar-refractivity contribution is 5.92. The lowest BCUT2D eigenvalue weighted by molar-refractivity contribution is -0.137. The van der Waals surface area contributed by atoms with Crippen LogP contribution in [0.25, 0.3) is 0 Å². The van der Waals surface area contributed by atoms with Gasteiger partial charge < -0.3 is 10.4 Å². The first kappa shape index (κ1) is 15.6. The highest BCUT2D eigenvalue weighted by Crippen LogP contribution is 2.29. The quantitative estimate of drug-likeness (QED) is 0.660.